The molecule has 0 saturated carbocycles. The van der Waals surface area contributed by atoms with E-state index in [1.807, 2.05) is 10.8 Å². The summed E-state index contributed by atoms with van der Waals surface area (Å²) in [5, 5.41) is 12.3. The monoisotopic (exact) mass is 382 g/mol. The molecule has 7 heteroatoms. The van der Waals surface area contributed by atoms with Crippen molar-refractivity contribution in [2.24, 2.45) is 0 Å². The highest BCUT2D eigenvalue weighted by Gasteiger charge is 2.16. The van der Waals surface area contributed by atoms with Crippen LogP contribution in [0.4, 0.5) is 0 Å². The first-order chi connectivity index (χ1) is 13.0. The fourth-order valence-corrected chi connectivity index (χ4v) is 3.26. The summed E-state index contributed by atoms with van der Waals surface area (Å²) in [5.41, 5.74) is 3.87. The van der Waals surface area contributed by atoms with Crippen molar-refractivity contribution in [1.29, 1.82) is 0 Å². The minimum Gasteiger partial charge on any atom is -0.497 e. The third-order valence-electron chi connectivity index (χ3n) is 4.25. The second-order valence-corrected chi connectivity index (χ2v) is 6.91. The van der Waals surface area contributed by atoms with Crippen molar-refractivity contribution in [2.75, 3.05) is 13.4 Å². The fourth-order valence-electron chi connectivity index (χ4n) is 2.75. The quantitative estimate of drug-likeness (QED) is 0.661. The summed E-state index contributed by atoms with van der Waals surface area (Å²) in [5.74, 6) is 1.24. The van der Waals surface area contributed by atoms with Crippen LogP contribution < -0.4 is 10.1 Å². The van der Waals surface area contributed by atoms with Crippen molar-refractivity contribution >= 4 is 17.7 Å². The van der Waals surface area contributed by atoms with Gasteiger partial charge < -0.3 is 10.1 Å². The van der Waals surface area contributed by atoms with E-state index < -0.39 is 0 Å². The molecule has 3 rings (SSSR count). The smallest absolute Gasteiger partial charge is 0.251 e. The second kappa shape index (κ2) is 8.26. The third kappa shape index (κ3) is 4.14. The molecule has 0 aliphatic heterocycles. The van der Waals surface area contributed by atoms with Gasteiger partial charge in [0.25, 0.3) is 5.91 Å². The first kappa shape index (κ1) is 19.0. The summed E-state index contributed by atoms with van der Waals surface area (Å²) >= 11 is 1.52. The molecule has 1 N–H and O–H groups in total. The Kier molecular flexibility index (Phi) is 5.81. The lowest BCUT2D eigenvalue weighted by Crippen LogP contribution is -2.24. The van der Waals surface area contributed by atoms with Crippen LogP contribution in [0.3, 0.4) is 0 Å². The number of amides is 1. The molecule has 3 aromatic rings. The lowest BCUT2D eigenvalue weighted by molar-refractivity contribution is 0.0949. The number of methoxy groups -OCH3 is 1. The summed E-state index contributed by atoms with van der Waals surface area (Å²) in [6.07, 6.45) is 1.96. The number of carbonyl (C=O) groups excluding carboxylic acids is 1. The van der Waals surface area contributed by atoms with Gasteiger partial charge in [0, 0.05) is 5.56 Å². The molecule has 1 aromatic heterocycles. The van der Waals surface area contributed by atoms with Crippen molar-refractivity contribution in [3.05, 3.63) is 65.0 Å². The van der Waals surface area contributed by atoms with Gasteiger partial charge in [0.2, 0.25) is 0 Å². The minimum absolute atomic E-state index is 0.168. The normalized spacial score (nSPS) is 10.7. The Morgan fingerprint density at radius 2 is 1.89 bits per heavy atom. The zero-order valence-electron chi connectivity index (χ0n) is 15.8. The van der Waals surface area contributed by atoms with Gasteiger partial charge in [0.1, 0.15) is 5.75 Å². The summed E-state index contributed by atoms with van der Waals surface area (Å²) in [6.45, 7) is 4.39. The molecule has 140 valence electrons. The van der Waals surface area contributed by atoms with E-state index in [0.29, 0.717) is 17.1 Å². The van der Waals surface area contributed by atoms with Crippen molar-refractivity contribution in [3.8, 4) is 11.4 Å². The Morgan fingerprint density at radius 3 is 2.56 bits per heavy atom. The summed E-state index contributed by atoms with van der Waals surface area (Å²) in [6, 6.07) is 13.3. The third-order valence-corrected chi connectivity index (χ3v) is 4.88. The van der Waals surface area contributed by atoms with Gasteiger partial charge in [-0.05, 0) is 61.6 Å². The van der Waals surface area contributed by atoms with Gasteiger partial charge in [0.15, 0.2) is 11.0 Å². The lowest BCUT2D eigenvalue weighted by atomic mass is 10.1. The number of hydrogen-bond acceptors (Lipinski definition) is 5. The highest BCUT2D eigenvalue weighted by atomic mass is 32.2. The van der Waals surface area contributed by atoms with Gasteiger partial charge >= 0.3 is 0 Å². The van der Waals surface area contributed by atoms with E-state index in [-0.39, 0.29) is 12.5 Å². The topological polar surface area (TPSA) is 69.0 Å². The summed E-state index contributed by atoms with van der Waals surface area (Å²) < 4.78 is 7.12. The standard InChI is InChI=1S/C20H22N4O2S/c1-13-5-6-14(2)17(11-13)24-18(22-23-20(24)27-4)12-21-19(25)15-7-9-16(26-3)10-8-15/h5-11H,12H2,1-4H3,(H,21,25). The van der Waals surface area contributed by atoms with Gasteiger partial charge in [-0.25, -0.2) is 0 Å². The van der Waals surface area contributed by atoms with E-state index in [0.717, 1.165) is 22.0 Å². The van der Waals surface area contributed by atoms with Crippen LogP contribution in [0.25, 0.3) is 5.69 Å². The molecule has 27 heavy (non-hydrogen) atoms. The second-order valence-electron chi connectivity index (χ2n) is 6.14. The molecule has 2 aromatic carbocycles. The van der Waals surface area contributed by atoms with E-state index in [2.05, 4.69) is 47.6 Å². The Bertz CT molecular complexity index is 951. The first-order valence-electron chi connectivity index (χ1n) is 8.51. The molecule has 0 aliphatic rings. The number of thioether (sulfide) groups is 1. The largest absolute Gasteiger partial charge is 0.497 e. The Labute approximate surface area is 163 Å². The minimum atomic E-state index is -0.168. The molecular formula is C20H22N4O2S. The number of rotatable bonds is 6. The van der Waals surface area contributed by atoms with Gasteiger partial charge in [-0.3, -0.25) is 9.36 Å². The van der Waals surface area contributed by atoms with Gasteiger partial charge in [-0.1, -0.05) is 23.9 Å². The van der Waals surface area contributed by atoms with Gasteiger partial charge in [-0.15, -0.1) is 10.2 Å². The molecule has 0 atom stereocenters. The number of aromatic nitrogens is 3. The number of nitrogens with one attached hydrogen (secondary N) is 1. The molecule has 0 radical (unpaired) electrons. The first-order valence-corrected chi connectivity index (χ1v) is 9.74. The molecule has 0 saturated heterocycles. The number of hydrogen-bond donors (Lipinski definition) is 1. The molecule has 0 unspecified atom stereocenters. The number of carbonyl (C=O) groups is 1. The fraction of sp³-hybridized carbons (Fsp3) is 0.250. The zero-order valence-corrected chi connectivity index (χ0v) is 16.6. The maximum atomic E-state index is 12.4. The molecule has 0 fully saturated rings. The predicted octanol–water partition coefficient (Wildman–Crippen LogP) is 3.54. The van der Waals surface area contributed by atoms with Crippen LogP contribution in [0.15, 0.2) is 47.6 Å². The van der Waals surface area contributed by atoms with E-state index in [4.69, 9.17) is 4.74 Å². The Hall–Kier alpha value is -2.80. The van der Waals surface area contributed by atoms with E-state index in [9.17, 15) is 4.79 Å². The highest BCUT2D eigenvalue weighted by Crippen LogP contribution is 2.24. The van der Waals surface area contributed by atoms with Crippen LogP contribution in [-0.4, -0.2) is 34.0 Å². The van der Waals surface area contributed by atoms with Crippen molar-refractivity contribution in [1.82, 2.24) is 20.1 Å². The van der Waals surface area contributed by atoms with E-state index >= 15 is 0 Å². The van der Waals surface area contributed by atoms with Gasteiger partial charge in [0.05, 0.1) is 19.3 Å². The molecule has 0 bridgehead atoms. The predicted molar refractivity (Wildman–Crippen MR) is 107 cm³/mol. The molecule has 6 nitrogen and oxygen atoms in total. The van der Waals surface area contributed by atoms with E-state index in [1.165, 1.54) is 11.8 Å². The SMILES string of the molecule is COc1ccc(C(=O)NCc2nnc(SC)n2-c2cc(C)ccc2C)cc1. The average Bonchev–Trinajstić information content (AvgIpc) is 3.10. The highest BCUT2D eigenvalue weighted by molar-refractivity contribution is 7.98. The maximum absolute atomic E-state index is 12.4. The van der Waals surface area contributed by atoms with Crippen LogP contribution in [0.1, 0.15) is 27.3 Å². The van der Waals surface area contributed by atoms with Crippen LogP contribution in [0.5, 0.6) is 5.75 Å². The van der Waals surface area contributed by atoms with Crippen LogP contribution in [0.2, 0.25) is 0 Å². The molecule has 0 spiro atoms. The van der Waals surface area contributed by atoms with Crippen LogP contribution in [-0.2, 0) is 6.54 Å². The van der Waals surface area contributed by atoms with Crippen LogP contribution >= 0.6 is 11.8 Å². The zero-order chi connectivity index (χ0) is 19.4. The average molecular weight is 382 g/mol. The number of nitrogens with zero attached hydrogens (tertiary/aromatic N) is 3. The van der Waals surface area contributed by atoms with Crippen LogP contribution in [0, 0.1) is 13.8 Å². The summed E-state index contributed by atoms with van der Waals surface area (Å²) in [7, 11) is 1.60. The summed E-state index contributed by atoms with van der Waals surface area (Å²) in [4.78, 5) is 12.4. The van der Waals surface area contributed by atoms with E-state index in [1.54, 1.807) is 31.4 Å². The maximum Gasteiger partial charge on any atom is 0.251 e. The number of benzene rings is 2. The molecule has 1 amide bonds. The lowest BCUT2D eigenvalue weighted by Gasteiger charge is -2.13. The Morgan fingerprint density at radius 1 is 1.15 bits per heavy atom. The van der Waals surface area contributed by atoms with Gasteiger partial charge in [-0.2, -0.15) is 0 Å². The number of aryl methyl sites for hydroxylation is 2. The number of ether oxygens (including phenoxy) is 1. The molecule has 0 aliphatic carbocycles. The Balaban J connectivity index is 1.84. The van der Waals surface area contributed by atoms with Crippen molar-refractivity contribution in [2.45, 2.75) is 25.5 Å². The van der Waals surface area contributed by atoms with Crippen molar-refractivity contribution < 1.29 is 9.53 Å². The molecule has 1 heterocycles. The van der Waals surface area contributed by atoms with Crippen molar-refractivity contribution in [3.63, 3.8) is 0 Å². The molecular weight excluding hydrogens is 360 g/mol.